The molecule has 6 rings (SSSR count). The van der Waals surface area contributed by atoms with Gasteiger partial charge in [-0.1, -0.05) is 104 Å². The minimum Gasteiger partial charge on any atom is -0.426 e. The Morgan fingerprint density at radius 3 is 0.816 bits per heavy atom. The Hall–Kier alpha value is -10.8. The smallest absolute Gasteiger partial charge is 0.311 e. The summed E-state index contributed by atoms with van der Waals surface area (Å²) in [6.45, 7) is 7.46. The molecule has 4 aromatic heterocycles. The normalized spacial score (nSPS) is 10.9. The largest absolute Gasteiger partial charge is 0.426 e. The van der Waals surface area contributed by atoms with E-state index in [0.717, 1.165) is 89.9 Å². The van der Waals surface area contributed by atoms with Gasteiger partial charge in [0.25, 0.3) is 23.6 Å². The van der Waals surface area contributed by atoms with Gasteiger partial charge in [-0.3, -0.25) is 69.2 Å². The number of unbranched alkanes of at least 4 members (excludes halogenated alkanes) is 14. The Bertz CT molecular complexity index is 3290. The average Bonchev–Trinajstić information content (AvgIpc) is 0.834. The summed E-state index contributed by atoms with van der Waals surface area (Å²) in [6, 6.07) is 13.8. The average molecular weight is 1350 g/mol. The van der Waals surface area contributed by atoms with Gasteiger partial charge in [-0.2, -0.15) is 19.9 Å². The molecular formula is C70H88N16O12. The summed E-state index contributed by atoms with van der Waals surface area (Å²) in [5, 5.41) is 20.9. The molecule has 6 aromatic rings. The summed E-state index contributed by atoms with van der Waals surface area (Å²) in [5.41, 5.74) is -0.222. The Morgan fingerprint density at radius 2 is 0.561 bits per heavy atom. The lowest BCUT2D eigenvalue weighted by molar-refractivity contribution is -0.135. The molecular weight excluding hydrogens is 1260 g/mol. The first-order valence-corrected chi connectivity index (χ1v) is 33.6. The van der Waals surface area contributed by atoms with Crippen molar-refractivity contribution in [1.82, 2.24) is 39.9 Å². The van der Waals surface area contributed by atoms with Gasteiger partial charge in [0, 0.05) is 85.6 Å². The number of esters is 2. The number of ether oxygens (including phenoxy) is 2. The molecule has 520 valence electrons. The number of benzene rings is 2. The highest BCUT2D eigenvalue weighted by Gasteiger charge is 2.21. The first-order chi connectivity index (χ1) is 47.5. The summed E-state index contributed by atoms with van der Waals surface area (Å²) >= 11 is 0. The van der Waals surface area contributed by atoms with Crippen LogP contribution in [-0.4, -0.2) is 99.1 Å². The van der Waals surface area contributed by atoms with Crippen LogP contribution in [0.3, 0.4) is 0 Å². The number of hydrogen-bond acceptors (Lipinski definition) is 20. The molecule has 0 spiro atoms. The van der Waals surface area contributed by atoms with Crippen molar-refractivity contribution in [2.75, 3.05) is 42.5 Å². The highest BCUT2D eigenvalue weighted by atomic mass is 16.5. The molecule has 2 aromatic carbocycles. The van der Waals surface area contributed by atoms with Crippen LogP contribution in [0.2, 0.25) is 0 Å². The third-order valence-electron chi connectivity index (χ3n) is 14.5. The first-order valence-electron chi connectivity index (χ1n) is 33.6. The Kier molecular flexibility index (Phi) is 33.1. The summed E-state index contributed by atoms with van der Waals surface area (Å²) in [7, 11) is 0. The molecule has 8 N–H and O–H groups in total. The Labute approximate surface area is 569 Å². The first kappa shape index (κ1) is 76.2. The van der Waals surface area contributed by atoms with E-state index >= 15 is 0 Å². The molecule has 4 heterocycles. The van der Waals surface area contributed by atoms with E-state index in [0.29, 0.717) is 38.5 Å². The van der Waals surface area contributed by atoms with E-state index in [1.807, 2.05) is 27.7 Å². The number of nitrogens with one attached hydrogen (secondary N) is 8. The second-order valence-corrected chi connectivity index (χ2v) is 23.0. The molecule has 0 saturated heterocycles. The highest BCUT2D eigenvalue weighted by molar-refractivity contribution is 6.10. The van der Waals surface area contributed by atoms with Gasteiger partial charge in [0.05, 0.1) is 0 Å². The topological polar surface area (TPSA) is 389 Å². The molecule has 0 unspecified atom stereocenters. The monoisotopic (exact) mass is 1340 g/mol. The van der Waals surface area contributed by atoms with Crippen LogP contribution in [0.4, 0.5) is 47.1 Å². The lowest BCUT2D eigenvalue weighted by atomic mass is 10.1. The summed E-state index contributed by atoms with van der Waals surface area (Å²) < 4.78 is 11.3. The third-order valence-corrected chi connectivity index (χ3v) is 14.5. The number of amides is 8. The number of hydrogen-bond donors (Lipinski definition) is 8. The predicted molar refractivity (Wildman–Crippen MR) is 370 cm³/mol. The van der Waals surface area contributed by atoms with E-state index in [4.69, 9.17) is 9.47 Å². The molecule has 0 atom stereocenters. The van der Waals surface area contributed by atoms with E-state index in [9.17, 15) is 47.9 Å². The van der Waals surface area contributed by atoms with Crippen molar-refractivity contribution in [2.45, 2.75) is 195 Å². The minimum atomic E-state index is -0.724. The summed E-state index contributed by atoms with van der Waals surface area (Å²) in [4.78, 5) is 162. The van der Waals surface area contributed by atoms with Crippen LogP contribution in [0, 0.1) is 0 Å². The number of allylic oxidation sites excluding steroid dienone is 2. The zero-order valence-corrected chi connectivity index (χ0v) is 56.1. The van der Waals surface area contributed by atoms with Crippen LogP contribution < -0.4 is 52.0 Å². The molecule has 0 radical (unpaired) electrons. The van der Waals surface area contributed by atoms with Gasteiger partial charge in [0.1, 0.15) is 34.8 Å². The van der Waals surface area contributed by atoms with E-state index < -0.39 is 35.6 Å². The predicted octanol–water partition coefficient (Wildman–Crippen LogP) is 12.9. The molecule has 28 heteroatoms. The Morgan fingerprint density at radius 1 is 0.316 bits per heavy atom. The van der Waals surface area contributed by atoms with Gasteiger partial charge in [-0.25, -0.2) is 19.9 Å². The van der Waals surface area contributed by atoms with Crippen molar-refractivity contribution >= 4 is 106 Å². The lowest BCUT2D eigenvalue weighted by Crippen LogP contribution is -2.19. The van der Waals surface area contributed by atoms with Gasteiger partial charge in [0.2, 0.25) is 47.4 Å². The standard InChI is InChI=1S/C70H88N16O12/c1-5-27-57(87)75-53-33-37-71-67(79-53)83-63(93)47-41-48(64(94)84-68-72-38-34-54(80-68)76-58(88)28-6-2)44-51(43-47)97-61(91)31-25-23-21-19-17-15-13-11-9-10-12-14-16-18-20-22-24-26-32-62(92)98-52-45-49(65(95)85-69-73-39-35-55(81-69)77-59(89)29-7-3)42-50(46-52)66(96)86-70-74-40-36-56(82-70)78-60(90)30-8-4/h9-10,33-46H,5-8,11-32H2,1-4H3,(H2,71,75,79,83,87,93)(H2,72,76,80,84,88,94)(H2,73,77,81,85,89,95)(H2,74,78,82,86,90,96)/b10-9-. The third kappa shape index (κ3) is 29.0. The van der Waals surface area contributed by atoms with Gasteiger partial charge in [-0.15, -0.1) is 0 Å². The molecule has 98 heavy (non-hydrogen) atoms. The lowest BCUT2D eigenvalue weighted by Gasteiger charge is -2.11. The molecule has 28 nitrogen and oxygen atoms in total. The van der Waals surface area contributed by atoms with Crippen LogP contribution >= 0.6 is 0 Å². The van der Waals surface area contributed by atoms with Crippen LogP contribution in [0.15, 0.2) is 97.6 Å². The quantitative estimate of drug-likeness (QED) is 0.00763. The van der Waals surface area contributed by atoms with Crippen LogP contribution in [0.5, 0.6) is 11.5 Å². The van der Waals surface area contributed by atoms with Crippen molar-refractivity contribution in [3.63, 3.8) is 0 Å². The van der Waals surface area contributed by atoms with Crippen LogP contribution in [-0.2, 0) is 28.8 Å². The SMILES string of the molecule is CCCC(=O)Nc1ccnc(NC(=O)c2cc(OC(=O)CCCCCCCCC/C=C\CCCCCCCCCC(=O)Oc3cc(C(=O)Nc4nccc(NC(=O)CCC)n4)cc(C(=O)Nc4nccc(NC(=O)CCC)n4)c3)cc(C(=O)Nc3nccc(NC(=O)CCC)n3)c2)n1. The maximum absolute atomic E-state index is 13.6. The molecule has 8 amide bonds. The summed E-state index contributed by atoms with van der Waals surface area (Å²) in [6.07, 6.45) is 29.2. The number of anilines is 8. The van der Waals surface area contributed by atoms with E-state index in [-0.39, 0.29) is 143 Å². The van der Waals surface area contributed by atoms with E-state index in [2.05, 4.69) is 94.6 Å². The number of rotatable bonds is 42. The number of carbonyl (C=O) groups excluding carboxylic acids is 10. The highest BCUT2D eigenvalue weighted by Crippen LogP contribution is 2.24. The van der Waals surface area contributed by atoms with Crippen molar-refractivity contribution in [2.24, 2.45) is 0 Å². The molecule has 0 aliphatic heterocycles. The van der Waals surface area contributed by atoms with Crippen molar-refractivity contribution in [3.05, 3.63) is 120 Å². The zero-order valence-electron chi connectivity index (χ0n) is 56.1. The van der Waals surface area contributed by atoms with Crippen molar-refractivity contribution in [3.8, 4) is 11.5 Å². The van der Waals surface area contributed by atoms with Crippen molar-refractivity contribution < 1.29 is 57.4 Å². The minimum absolute atomic E-state index is 0.0487. The Balaban J connectivity index is 0.856. The molecule has 0 saturated carbocycles. The van der Waals surface area contributed by atoms with E-state index in [1.54, 1.807) is 0 Å². The van der Waals surface area contributed by atoms with Crippen LogP contribution in [0.1, 0.15) is 236 Å². The second-order valence-electron chi connectivity index (χ2n) is 23.0. The number of nitrogens with zero attached hydrogens (tertiary/aromatic N) is 8. The maximum atomic E-state index is 13.6. The fraction of sp³-hybridized carbons (Fsp3) is 0.429. The molecule has 0 bridgehead atoms. The van der Waals surface area contributed by atoms with Crippen molar-refractivity contribution in [1.29, 1.82) is 0 Å². The second kappa shape index (κ2) is 42.6. The molecule has 0 aliphatic rings. The fourth-order valence-corrected chi connectivity index (χ4v) is 9.65. The number of carbonyl (C=O) groups is 10. The maximum Gasteiger partial charge on any atom is 0.311 e. The van der Waals surface area contributed by atoms with Gasteiger partial charge in [-0.05, 0) is 125 Å². The number of aromatic nitrogens is 8. The summed E-state index contributed by atoms with van der Waals surface area (Å²) in [5.74, 6) is -4.81. The van der Waals surface area contributed by atoms with Gasteiger partial charge < -0.3 is 30.7 Å². The van der Waals surface area contributed by atoms with E-state index in [1.165, 1.54) is 85.5 Å². The molecule has 0 aliphatic carbocycles. The van der Waals surface area contributed by atoms with Gasteiger partial charge >= 0.3 is 11.9 Å². The zero-order chi connectivity index (χ0) is 70.3. The molecule has 0 fully saturated rings. The van der Waals surface area contributed by atoms with Gasteiger partial charge in [0.15, 0.2) is 0 Å². The van der Waals surface area contributed by atoms with Crippen LogP contribution in [0.25, 0.3) is 0 Å². The fourth-order valence-electron chi connectivity index (χ4n) is 9.65.